The Labute approximate surface area is 243 Å². The van der Waals surface area contributed by atoms with Gasteiger partial charge in [0, 0.05) is 28.2 Å². The minimum absolute atomic E-state index is 0.0528. The summed E-state index contributed by atoms with van der Waals surface area (Å²) in [5.74, 6) is 1.40. The largest absolute Gasteiger partial charge is 0.463 e. The van der Waals surface area contributed by atoms with Gasteiger partial charge < -0.3 is 18.6 Å². The molecule has 2 aliphatic heterocycles. The number of nitro benzene ring substituents is 1. The second-order valence-corrected chi connectivity index (χ2v) is 10.9. The third-order valence-corrected chi connectivity index (χ3v) is 8.20. The summed E-state index contributed by atoms with van der Waals surface area (Å²) in [6.07, 6.45) is 1.60. The Bertz CT molecular complexity index is 1950. The molecule has 208 valence electrons. The summed E-state index contributed by atoms with van der Waals surface area (Å²) in [5, 5.41) is 11.1. The van der Waals surface area contributed by atoms with Gasteiger partial charge in [-0.05, 0) is 65.7 Å². The van der Waals surface area contributed by atoms with Crippen LogP contribution in [-0.4, -0.2) is 28.9 Å². The minimum Gasteiger partial charge on any atom is -0.463 e. The van der Waals surface area contributed by atoms with E-state index in [2.05, 4.69) is 20.9 Å². The van der Waals surface area contributed by atoms with E-state index in [4.69, 9.17) is 18.6 Å². The highest BCUT2D eigenvalue weighted by Crippen LogP contribution is 2.38. The highest BCUT2D eigenvalue weighted by molar-refractivity contribution is 9.10. The van der Waals surface area contributed by atoms with Crippen molar-refractivity contribution in [2.24, 2.45) is 4.99 Å². The number of fused-ring (bicyclic) bond motifs is 2. The molecule has 4 heterocycles. The quantitative estimate of drug-likeness (QED) is 0.172. The molecule has 0 N–H and O–H groups in total. The molecule has 2 aromatic carbocycles. The van der Waals surface area contributed by atoms with Crippen LogP contribution in [0.15, 0.2) is 78.5 Å². The number of allylic oxidation sites excluding steroid dienone is 1. The van der Waals surface area contributed by atoms with E-state index in [0.717, 1.165) is 0 Å². The number of carbonyl (C=O) groups is 1. The summed E-state index contributed by atoms with van der Waals surface area (Å²) in [6, 6.07) is 12.3. The smallest absolute Gasteiger partial charge is 0.338 e. The lowest BCUT2D eigenvalue weighted by molar-refractivity contribution is -0.384. The number of hydrogen-bond acceptors (Lipinski definition) is 10. The Balaban J connectivity index is 1.45. The predicted molar refractivity (Wildman–Crippen MR) is 151 cm³/mol. The van der Waals surface area contributed by atoms with E-state index in [9.17, 15) is 19.7 Å². The van der Waals surface area contributed by atoms with Crippen molar-refractivity contribution >= 4 is 45.0 Å². The number of ether oxygens (including phenoxy) is 3. The van der Waals surface area contributed by atoms with Crippen LogP contribution in [0.4, 0.5) is 5.69 Å². The fraction of sp³-hybridized carbons (Fsp3) is 0.179. The molecule has 2 aromatic heterocycles. The van der Waals surface area contributed by atoms with E-state index < -0.39 is 16.9 Å². The maximum absolute atomic E-state index is 13.8. The second kappa shape index (κ2) is 10.5. The van der Waals surface area contributed by atoms with Crippen LogP contribution < -0.4 is 24.4 Å². The Kier molecular flexibility index (Phi) is 6.83. The third-order valence-electron chi connectivity index (χ3n) is 6.56. The number of nitro groups is 1. The number of thiazole rings is 1. The zero-order valence-corrected chi connectivity index (χ0v) is 24.0. The number of non-ortho nitro benzene ring substituents is 1. The third kappa shape index (κ3) is 4.76. The van der Waals surface area contributed by atoms with Crippen molar-refractivity contribution in [1.82, 2.24) is 4.57 Å². The fourth-order valence-electron chi connectivity index (χ4n) is 4.71. The van der Waals surface area contributed by atoms with Gasteiger partial charge >= 0.3 is 5.97 Å². The van der Waals surface area contributed by atoms with Crippen LogP contribution in [0.1, 0.15) is 31.2 Å². The van der Waals surface area contributed by atoms with Crippen LogP contribution in [0.25, 0.3) is 17.4 Å². The lowest BCUT2D eigenvalue weighted by Gasteiger charge is -2.24. The molecule has 11 nitrogen and oxygen atoms in total. The van der Waals surface area contributed by atoms with Gasteiger partial charge in [-0.1, -0.05) is 17.4 Å². The summed E-state index contributed by atoms with van der Waals surface area (Å²) in [5.41, 5.74) is 1.55. The Hall–Kier alpha value is -4.49. The molecule has 6 rings (SSSR count). The summed E-state index contributed by atoms with van der Waals surface area (Å²) in [4.78, 5) is 42.5. The molecule has 13 heteroatoms. The molecule has 0 radical (unpaired) electrons. The number of furan rings is 1. The van der Waals surface area contributed by atoms with E-state index >= 15 is 0 Å². The normalized spacial score (nSPS) is 16.0. The Morgan fingerprint density at radius 1 is 1.22 bits per heavy atom. The monoisotopic (exact) mass is 637 g/mol. The van der Waals surface area contributed by atoms with Gasteiger partial charge in [-0.3, -0.25) is 19.5 Å². The SMILES string of the molecule is CCOC(=O)C1=C(C)N=c2s/c(=C/c3ccc(-c4ccc([N+](=O)[O-])cc4Br)o3)c(=O)n2[C@@H]1c1ccc2c(c1)OCO2. The lowest BCUT2D eigenvalue weighted by Crippen LogP contribution is -2.39. The highest BCUT2D eigenvalue weighted by atomic mass is 79.9. The van der Waals surface area contributed by atoms with Gasteiger partial charge in [-0.15, -0.1) is 0 Å². The zero-order chi connectivity index (χ0) is 28.8. The fourth-order valence-corrected chi connectivity index (χ4v) is 6.30. The number of aromatic nitrogens is 1. The van der Waals surface area contributed by atoms with Gasteiger partial charge in [0.25, 0.3) is 11.2 Å². The van der Waals surface area contributed by atoms with Crippen LogP contribution >= 0.6 is 27.3 Å². The van der Waals surface area contributed by atoms with Crippen molar-refractivity contribution in [2.75, 3.05) is 13.4 Å². The molecule has 2 aliphatic rings. The first-order valence-electron chi connectivity index (χ1n) is 12.4. The molecular formula is C28H20BrN3O8S. The highest BCUT2D eigenvalue weighted by Gasteiger charge is 2.34. The lowest BCUT2D eigenvalue weighted by atomic mass is 9.95. The summed E-state index contributed by atoms with van der Waals surface area (Å²) in [7, 11) is 0. The van der Waals surface area contributed by atoms with Gasteiger partial charge in [0.15, 0.2) is 16.3 Å². The van der Waals surface area contributed by atoms with Gasteiger partial charge in [0.2, 0.25) is 6.79 Å². The van der Waals surface area contributed by atoms with Crippen molar-refractivity contribution in [3.05, 3.63) is 105 Å². The van der Waals surface area contributed by atoms with Crippen molar-refractivity contribution in [2.45, 2.75) is 19.9 Å². The van der Waals surface area contributed by atoms with Crippen molar-refractivity contribution in [3.63, 3.8) is 0 Å². The number of nitrogens with zero attached hydrogens (tertiary/aromatic N) is 3. The molecule has 41 heavy (non-hydrogen) atoms. The number of rotatable bonds is 6. The molecule has 0 fully saturated rings. The van der Waals surface area contributed by atoms with E-state index in [1.54, 1.807) is 56.3 Å². The predicted octanol–water partition coefficient (Wildman–Crippen LogP) is 4.46. The molecule has 0 saturated heterocycles. The molecular weight excluding hydrogens is 618 g/mol. The number of esters is 1. The van der Waals surface area contributed by atoms with Gasteiger partial charge in [0.1, 0.15) is 11.5 Å². The van der Waals surface area contributed by atoms with Gasteiger partial charge in [-0.2, -0.15) is 0 Å². The summed E-state index contributed by atoms with van der Waals surface area (Å²) in [6.45, 7) is 3.68. The van der Waals surface area contributed by atoms with Crippen LogP contribution in [-0.2, 0) is 9.53 Å². The molecule has 1 atom stereocenters. The zero-order valence-electron chi connectivity index (χ0n) is 21.6. The minimum atomic E-state index is -0.801. The van der Waals surface area contributed by atoms with Gasteiger partial charge in [0.05, 0.1) is 33.4 Å². The second-order valence-electron chi connectivity index (χ2n) is 9.04. The van der Waals surface area contributed by atoms with Crippen molar-refractivity contribution < 1.29 is 28.3 Å². The average molecular weight is 638 g/mol. The average Bonchev–Trinajstić information content (AvgIpc) is 3.67. The van der Waals surface area contributed by atoms with E-state index in [1.165, 1.54) is 28.0 Å². The van der Waals surface area contributed by atoms with Gasteiger partial charge in [-0.25, -0.2) is 9.79 Å². The topological polar surface area (TPSA) is 135 Å². The number of halogens is 1. The number of hydrogen-bond donors (Lipinski definition) is 0. The Morgan fingerprint density at radius 3 is 2.78 bits per heavy atom. The maximum atomic E-state index is 13.8. The van der Waals surface area contributed by atoms with E-state index in [1.807, 2.05) is 0 Å². The molecule has 0 bridgehead atoms. The van der Waals surface area contributed by atoms with Crippen LogP contribution in [0, 0.1) is 10.1 Å². The van der Waals surface area contributed by atoms with Crippen molar-refractivity contribution in [1.29, 1.82) is 0 Å². The molecule has 0 saturated carbocycles. The molecule has 0 amide bonds. The van der Waals surface area contributed by atoms with Crippen LogP contribution in [0.2, 0.25) is 0 Å². The number of benzene rings is 2. The molecule has 0 aliphatic carbocycles. The van der Waals surface area contributed by atoms with Crippen LogP contribution in [0.3, 0.4) is 0 Å². The van der Waals surface area contributed by atoms with E-state index in [0.29, 0.717) is 53.6 Å². The summed E-state index contributed by atoms with van der Waals surface area (Å²) < 4.78 is 24.6. The molecule has 4 aromatic rings. The summed E-state index contributed by atoms with van der Waals surface area (Å²) >= 11 is 4.53. The first-order chi connectivity index (χ1) is 19.7. The number of carbonyl (C=O) groups excluding carboxylic acids is 1. The Morgan fingerprint density at radius 2 is 2.02 bits per heavy atom. The molecule has 0 unspecified atom stereocenters. The maximum Gasteiger partial charge on any atom is 0.338 e. The molecule has 0 spiro atoms. The first kappa shape index (κ1) is 26.7. The van der Waals surface area contributed by atoms with E-state index in [-0.39, 0.29) is 30.2 Å². The van der Waals surface area contributed by atoms with Crippen LogP contribution in [0.5, 0.6) is 11.5 Å². The first-order valence-corrected chi connectivity index (χ1v) is 14.0. The van der Waals surface area contributed by atoms with Crippen molar-refractivity contribution in [3.8, 4) is 22.8 Å². The standard InChI is InChI=1S/C28H20BrN3O8S/c1-3-37-27(34)24-14(2)30-28-31(25(24)15-4-8-21-22(10-15)39-13-38-21)26(33)23(41-28)12-17-6-9-20(40-17)18-7-5-16(32(35)36)11-19(18)29/h4-12,25H,3,13H2,1-2H3/b23-12+/t25-/m1/s1.